The largest absolute Gasteiger partial charge is 0.508 e. The maximum atomic E-state index is 12.5. The van der Waals surface area contributed by atoms with Crippen molar-refractivity contribution >= 4 is 11.8 Å². The maximum Gasteiger partial charge on any atom is 0.342 e. The lowest BCUT2D eigenvalue weighted by Crippen LogP contribution is -2.17. The highest BCUT2D eigenvalue weighted by Gasteiger charge is 2.43. The first-order valence-electron chi connectivity index (χ1n) is 8.39. The lowest BCUT2D eigenvalue weighted by atomic mass is 9.98. The predicted molar refractivity (Wildman–Crippen MR) is 85.0 cm³/mol. The Morgan fingerprint density at radius 1 is 1.08 bits per heavy atom. The number of hydrogen-bond acceptors (Lipinski definition) is 6. The molecule has 2 heterocycles. The van der Waals surface area contributed by atoms with Crippen LogP contribution < -0.4 is 0 Å². The summed E-state index contributed by atoms with van der Waals surface area (Å²) in [7, 11) is 0. The van der Waals surface area contributed by atoms with Gasteiger partial charge in [-0.15, -0.1) is 0 Å². The molecule has 3 atom stereocenters. The smallest absolute Gasteiger partial charge is 0.342 e. The van der Waals surface area contributed by atoms with Crippen LogP contribution >= 0.6 is 0 Å². The van der Waals surface area contributed by atoms with Crippen LogP contribution in [0, 0.1) is 0 Å². The number of ether oxygens (including phenoxy) is 2. The Labute approximate surface area is 140 Å². The number of Topliss-reactive ketones (excluding diaryl/α,β-unsaturated/α-hetero) is 1. The second kappa shape index (κ2) is 6.81. The van der Waals surface area contributed by atoms with Gasteiger partial charge in [0.05, 0.1) is 12.2 Å². The van der Waals surface area contributed by atoms with Crippen molar-refractivity contribution < 1.29 is 29.3 Å². The van der Waals surface area contributed by atoms with Crippen LogP contribution in [-0.4, -0.2) is 34.2 Å². The van der Waals surface area contributed by atoms with E-state index in [-0.39, 0.29) is 41.2 Å². The Morgan fingerprint density at radius 3 is 2.54 bits per heavy atom. The van der Waals surface area contributed by atoms with Crippen molar-refractivity contribution in [1.29, 1.82) is 0 Å². The van der Waals surface area contributed by atoms with Crippen LogP contribution in [0.1, 0.15) is 67.5 Å². The van der Waals surface area contributed by atoms with Gasteiger partial charge in [-0.1, -0.05) is 0 Å². The number of carbonyl (C=O) groups excluding carboxylic acids is 2. The Kier molecular flexibility index (Phi) is 4.76. The predicted octanol–water partition coefficient (Wildman–Crippen LogP) is 3.01. The van der Waals surface area contributed by atoms with Crippen molar-refractivity contribution in [3.05, 3.63) is 23.3 Å². The number of phenolic OH excluding ortho intramolecular Hbond substituents is 2. The molecule has 1 aromatic rings. The second-order valence-electron chi connectivity index (χ2n) is 6.56. The number of cyclic esters (lactones) is 1. The summed E-state index contributed by atoms with van der Waals surface area (Å²) in [5, 5.41) is 19.8. The number of hydrogen-bond donors (Lipinski definition) is 2. The van der Waals surface area contributed by atoms with Gasteiger partial charge in [-0.05, 0) is 38.7 Å². The minimum Gasteiger partial charge on any atom is -0.508 e. The lowest BCUT2D eigenvalue weighted by molar-refractivity contribution is -0.119. The average Bonchev–Trinajstić information content (AvgIpc) is 3.24. The summed E-state index contributed by atoms with van der Waals surface area (Å²) < 4.78 is 11.0. The normalized spacial score (nSPS) is 28.3. The third kappa shape index (κ3) is 3.70. The quantitative estimate of drug-likeness (QED) is 0.559. The Balaban J connectivity index is 1.89. The Bertz CT molecular complexity index is 653. The van der Waals surface area contributed by atoms with Crippen molar-refractivity contribution in [1.82, 2.24) is 0 Å². The minimum absolute atomic E-state index is 0.0558. The third-order valence-corrected chi connectivity index (χ3v) is 4.54. The molecule has 0 saturated carbocycles. The number of aromatic hydroxyl groups is 2. The van der Waals surface area contributed by atoms with E-state index in [2.05, 4.69) is 0 Å². The molecule has 2 aliphatic heterocycles. The molecular weight excluding hydrogens is 312 g/mol. The fourth-order valence-corrected chi connectivity index (χ4v) is 3.23. The van der Waals surface area contributed by atoms with E-state index in [4.69, 9.17) is 9.47 Å². The fraction of sp³-hybridized carbons (Fsp3) is 0.556. The van der Waals surface area contributed by atoms with E-state index in [1.165, 1.54) is 6.07 Å². The van der Waals surface area contributed by atoms with Crippen LogP contribution in [0.3, 0.4) is 0 Å². The van der Waals surface area contributed by atoms with E-state index in [0.717, 1.165) is 12.5 Å². The van der Waals surface area contributed by atoms with Crippen LogP contribution in [0.15, 0.2) is 12.1 Å². The molecule has 0 bridgehead atoms. The van der Waals surface area contributed by atoms with Crippen molar-refractivity contribution in [2.75, 3.05) is 0 Å². The van der Waals surface area contributed by atoms with Gasteiger partial charge in [0.1, 0.15) is 28.9 Å². The van der Waals surface area contributed by atoms with Crippen LogP contribution in [0.4, 0.5) is 0 Å². The van der Waals surface area contributed by atoms with Gasteiger partial charge >= 0.3 is 5.97 Å². The van der Waals surface area contributed by atoms with Crippen LogP contribution in [0.2, 0.25) is 0 Å². The first kappa shape index (κ1) is 16.8. The lowest BCUT2D eigenvalue weighted by Gasteiger charge is -2.16. The zero-order valence-corrected chi connectivity index (χ0v) is 13.7. The number of carbonyl (C=O) groups is 2. The first-order valence-corrected chi connectivity index (χ1v) is 8.39. The maximum absolute atomic E-state index is 12.5. The molecule has 1 aromatic carbocycles. The van der Waals surface area contributed by atoms with Crippen LogP contribution in [0.25, 0.3) is 0 Å². The average molecular weight is 334 g/mol. The van der Waals surface area contributed by atoms with E-state index < -0.39 is 5.97 Å². The molecule has 0 aromatic heterocycles. The molecular formula is C18H22O6. The first-order chi connectivity index (χ1) is 11.5. The highest BCUT2D eigenvalue weighted by atomic mass is 16.6. The molecule has 0 aliphatic carbocycles. The minimum atomic E-state index is -0.632. The van der Waals surface area contributed by atoms with Gasteiger partial charge in [-0.3, -0.25) is 4.79 Å². The number of fused-ring (bicyclic) bond motifs is 3. The monoisotopic (exact) mass is 334 g/mol. The number of ketones is 1. The van der Waals surface area contributed by atoms with E-state index in [0.29, 0.717) is 37.7 Å². The number of phenols is 2. The Hall–Kier alpha value is -2.08. The van der Waals surface area contributed by atoms with Crippen molar-refractivity contribution in [2.24, 2.45) is 0 Å². The van der Waals surface area contributed by atoms with Gasteiger partial charge in [0, 0.05) is 24.5 Å². The molecule has 3 rings (SSSR count). The number of benzene rings is 1. The van der Waals surface area contributed by atoms with E-state index in [9.17, 15) is 19.8 Å². The number of esters is 1. The fourth-order valence-electron chi connectivity index (χ4n) is 3.23. The topological polar surface area (TPSA) is 96.4 Å². The molecule has 6 nitrogen and oxygen atoms in total. The van der Waals surface area contributed by atoms with Gasteiger partial charge in [0.15, 0.2) is 0 Å². The molecule has 0 amide bonds. The molecule has 1 fully saturated rings. The van der Waals surface area contributed by atoms with Crippen molar-refractivity contribution in [2.45, 2.75) is 63.8 Å². The van der Waals surface area contributed by atoms with Crippen LogP contribution in [0.5, 0.6) is 11.5 Å². The zero-order valence-electron chi connectivity index (χ0n) is 13.7. The zero-order chi connectivity index (χ0) is 17.3. The number of epoxide rings is 1. The van der Waals surface area contributed by atoms with E-state index >= 15 is 0 Å². The summed E-state index contributed by atoms with van der Waals surface area (Å²) in [5.74, 6) is -0.845. The Morgan fingerprint density at radius 2 is 1.79 bits per heavy atom. The van der Waals surface area contributed by atoms with Crippen LogP contribution in [-0.2, 0) is 14.3 Å². The second-order valence-corrected chi connectivity index (χ2v) is 6.56. The summed E-state index contributed by atoms with van der Waals surface area (Å²) in [6, 6.07) is 2.56. The molecule has 0 spiro atoms. The standard InChI is InChI=1S/C18H22O6/c1-10-4-2-5-11(19)6-3-7-15-17(24-15)13-8-12(20)9-14(21)16(13)18(22)23-10/h8-10,15,17,20-21H,2-7H2,1H3. The SMILES string of the molecule is CC1CCCC(=O)CCCC2OC2c2cc(O)cc(O)c2C(=O)O1. The molecule has 130 valence electrons. The summed E-state index contributed by atoms with van der Waals surface area (Å²) >= 11 is 0. The molecule has 2 N–H and O–H groups in total. The highest BCUT2D eigenvalue weighted by molar-refractivity contribution is 5.95. The molecule has 24 heavy (non-hydrogen) atoms. The summed E-state index contributed by atoms with van der Waals surface area (Å²) in [4.78, 5) is 24.3. The third-order valence-electron chi connectivity index (χ3n) is 4.54. The van der Waals surface area contributed by atoms with Gasteiger partial charge < -0.3 is 19.7 Å². The van der Waals surface area contributed by atoms with E-state index in [1.54, 1.807) is 6.92 Å². The number of rotatable bonds is 0. The van der Waals surface area contributed by atoms with Gasteiger partial charge in [-0.2, -0.15) is 0 Å². The summed E-state index contributed by atoms with van der Waals surface area (Å²) in [6.45, 7) is 1.77. The van der Waals surface area contributed by atoms with Gasteiger partial charge in [-0.25, -0.2) is 4.79 Å². The molecule has 1 saturated heterocycles. The van der Waals surface area contributed by atoms with Crippen molar-refractivity contribution in [3.63, 3.8) is 0 Å². The molecule has 3 unspecified atom stereocenters. The summed E-state index contributed by atoms with van der Waals surface area (Å²) in [6.07, 6.45) is 2.90. The van der Waals surface area contributed by atoms with Gasteiger partial charge in [0.2, 0.25) is 0 Å². The van der Waals surface area contributed by atoms with Crippen molar-refractivity contribution in [3.8, 4) is 11.5 Å². The molecule has 0 radical (unpaired) electrons. The van der Waals surface area contributed by atoms with Gasteiger partial charge in [0.25, 0.3) is 0 Å². The molecule has 2 aliphatic rings. The highest BCUT2D eigenvalue weighted by Crippen LogP contribution is 2.46. The molecule has 6 heteroatoms. The summed E-state index contributed by atoms with van der Waals surface area (Å²) in [5.41, 5.74) is 0.498. The van der Waals surface area contributed by atoms with E-state index in [1.807, 2.05) is 0 Å².